The molecule has 106 valence electrons. The Labute approximate surface area is 121 Å². The molecule has 0 saturated heterocycles. The van der Waals surface area contributed by atoms with E-state index < -0.39 is 0 Å². The molecule has 1 fully saturated rings. The number of hydrogen-bond acceptors (Lipinski definition) is 2. The topological polar surface area (TPSA) is 12.0 Å². The van der Waals surface area contributed by atoms with Crippen LogP contribution in [0.1, 0.15) is 73.7 Å². The third-order valence-corrected chi connectivity index (χ3v) is 6.28. The maximum Gasteiger partial charge on any atom is 0.0388 e. The van der Waals surface area contributed by atoms with E-state index in [9.17, 15) is 0 Å². The predicted octanol–water partition coefficient (Wildman–Crippen LogP) is 4.86. The molecular weight excluding hydrogens is 250 g/mol. The molecule has 1 nitrogen and oxygen atoms in total. The van der Waals surface area contributed by atoms with Crippen molar-refractivity contribution in [2.45, 2.75) is 77.3 Å². The van der Waals surface area contributed by atoms with E-state index >= 15 is 0 Å². The summed E-state index contributed by atoms with van der Waals surface area (Å²) in [6, 6.07) is 3.78. The average Bonchev–Trinajstić information content (AvgIpc) is 2.82. The Balaban J connectivity index is 1.63. The first kappa shape index (κ1) is 13.6. The van der Waals surface area contributed by atoms with Crippen LogP contribution in [0.3, 0.4) is 0 Å². The molecule has 1 heterocycles. The van der Waals surface area contributed by atoms with E-state index in [1.807, 2.05) is 0 Å². The Morgan fingerprint density at radius 1 is 1.21 bits per heavy atom. The second kappa shape index (κ2) is 5.97. The molecule has 2 aliphatic rings. The average molecular weight is 277 g/mol. The lowest BCUT2D eigenvalue weighted by atomic mass is 9.87. The Kier molecular flexibility index (Phi) is 4.28. The third kappa shape index (κ3) is 3.22. The molecule has 1 aromatic rings. The smallest absolute Gasteiger partial charge is 0.0388 e. The van der Waals surface area contributed by atoms with Crippen LogP contribution in [0.4, 0.5) is 0 Å². The lowest BCUT2D eigenvalue weighted by Gasteiger charge is -2.30. The fourth-order valence-corrected chi connectivity index (χ4v) is 5.02. The third-order valence-electron chi connectivity index (χ3n) is 4.86. The van der Waals surface area contributed by atoms with E-state index in [1.165, 1.54) is 51.4 Å². The molecule has 3 rings (SSSR count). The SMILES string of the molecule is CC1CCCC(NC(C)c2cc3c(s2)CCCC3)C1. The van der Waals surface area contributed by atoms with E-state index in [0.717, 1.165) is 12.0 Å². The van der Waals surface area contributed by atoms with Gasteiger partial charge in [-0.05, 0) is 63.0 Å². The first-order valence-corrected chi connectivity index (χ1v) is 8.91. The van der Waals surface area contributed by atoms with Gasteiger partial charge < -0.3 is 5.32 Å². The molecule has 3 atom stereocenters. The molecule has 2 aliphatic carbocycles. The van der Waals surface area contributed by atoms with Crippen LogP contribution in [0.2, 0.25) is 0 Å². The lowest BCUT2D eigenvalue weighted by molar-refractivity contribution is 0.286. The van der Waals surface area contributed by atoms with Gasteiger partial charge in [-0.2, -0.15) is 0 Å². The van der Waals surface area contributed by atoms with Gasteiger partial charge in [0.2, 0.25) is 0 Å². The molecule has 0 aliphatic heterocycles. The highest BCUT2D eigenvalue weighted by atomic mass is 32.1. The standard InChI is InChI=1S/C17H27NS/c1-12-6-5-8-15(10-12)18-13(2)17-11-14-7-3-4-9-16(14)19-17/h11-13,15,18H,3-10H2,1-2H3. The van der Waals surface area contributed by atoms with Crippen molar-refractivity contribution in [2.75, 3.05) is 0 Å². The molecule has 2 heteroatoms. The van der Waals surface area contributed by atoms with E-state index in [4.69, 9.17) is 0 Å². The monoisotopic (exact) mass is 277 g/mol. The van der Waals surface area contributed by atoms with Crippen LogP contribution in [-0.2, 0) is 12.8 Å². The van der Waals surface area contributed by atoms with Crippen molar-refractivity contribution in [3.63, 3.8) is 0 Å². The Hall–Kier alpha value is -0.340. The Bertz CT molecular complexity index is 399. The van der Waals surface area contributed by atoms with Gasteiger partial charge in [0.25, 0.3) is 0 Å². The predicted molar refractivity (Wildman–Crippen MR) is 83.9 cm³/mol. The summed E-state index contributed by atoms with van der Waals surface area (Å²) in [6.45, 7) is 4.76. The molecule has 0 bridgehead atoms. The number of rotatable bonds is 3. The van der Waals surface area contributed by atoms with Crippen LogP contribution in [0.25, 0.3) is 0 Å². The van der Waals surface area contributed by atoms with Gasteiger partial charge in [0.05, 0.1) is 0 Å². The zero-order valence-corrected chi connectivity index (χ0v) is 13.2. The van der Waals surface area contributed by atoms with Crippen LogP contribution in [0, 0.1) is 5.92 Å². The highest BCUT2D eigenvalue weighted by Crippen LogP contribution is 2.34. The zero-order valence-electron chi connectivity index (χ0n) is 12.4. The second-order valence-corrected chi connectivity index (χ2v) is 7.83. The second-order valence-electron chi connectivity index (χ2n) is 6.66. The van der Waals surface area contributed by atoms with Gasteiger partial charge in [-0.3, -0.25) is 0 Å². The van der Waals surface area contributed by atoms with Gasteiger partial charge >= 0.3 is 0 Å². The van der Waals surface area contributed by atoms with E-state index in [0.29, 0.717) is 6.04 Å². The van der Waals surface area contributed by atoms with E-state index in [2.05, 4.69) is 36.6 Å². The molecule has 0 amide bonds. The Morgan fingerprint density at radius 3 is 2.84 bits per heavy atom. The van der Waals surface area contributed by atoms with Gasteiger partial charge in [-0.15, -0.1) is 11.3 Å². The van der Waals surface area contributed by atoms with E-state index in [-0.39, 0.29) is 0 Å². The molecule has 0 spiro atoms. The van der Waals surface area contributed by atoms with Gasteiger partial charge in [0, 0.05) is 21.8 Å². The van der Waals surface area contributed by atoms with Gasteiger partial charge in [-0.1, -0.05) is 19.8 Å². The number of nitrogens with one attached hydrogen (secondary N) is 1. The van der Waals surface area contributed by atoms with Crippen molar-refractivity contribution in [2.24, 2.45) is 5.92 Å². The number of fused-ring (bicyclic) bond motifs is 1. The van der Waals surface area contributed by atoms with Crippen LogP contribution < -0.4 is 5.32 Å². The van der Waals surface area contributed by atoms with Crippen molar-refractivity contribution >= 4 is 11.3 Å². The highest BCUT2D eigenvalue weighted by molar-refractivity contribution is 7.12. The van der Waals surface area contributed by atoms with Crippen LogP contribution in [0.15, 0.2) is 6.07 Å². The summed E-state index contributed by atoms with van der Waals surface area (Å²) in [4.78, 5) is 3.25. The van der Waals surface area contributed by atoms with Gasteiger partial charge in [0.1, 0.15) is 0 Å². The molecule has 0 radical (unpaired) electrons. The molecule has 1 saturated carbocycles. The molecule has 1 aromatic heterocycles. The first-order valence-electron chi connectivity index (χ1n) is 8.10. The minimum atomic E-state index is 0.547. The van der Waals surface area contributed by atoms with Crippen molar-refractivity contribution in [1.29, 1.82) is 0 Å². The maximum atomic E-state index is 3.89. The molecular formula is C17H27NS. The zero-order chi connectivity index (χ0) is 13.2. The van der Waals surface area contributed by atoms with Gasteiger partial charge in [-0.25, -0.2) is 0 Å². The number of thiophene rings is 1. The summed E-state index contributed by atoms with van der Waals surface area (Å²) in [6.07, 6.45) is 11.0. The number of hydrogen-bond donors (Lipinski definition) is 1. The summed E-state index contributed by atoms with van der Waals surface area (Å²) in [7, 11) is 0. The summed E-state index contributed by atoms with van der Waals surface area (Å²) in [5.41, 5.74) is 1.65. The fraction of sp³-hybridized carbons (Fsp3) is 0.765. The summed E-state index contributed by atoms with van der Waals surface area (Å²) < 4.78 is 0. The summed E-state index contributed by atoms with van der Waals surface area (Å²) in [5, 5.41) is 3.89. The van der Waals surface area contributed by atoms with Gasteiger partial charge in [0.15, 0.2) is 0 Å². The number of aryl methyl sites for hydroxylation is 2. The lowest BCUT2D eigenvalue weighted by Crippen LogP contribution is -2.35. The quantitative estimate of drug-likeness (QED) is 0.832. The minimum absolute atomic E-state index is 0.547. The van der Waals surface area contributed by atoms with E-state index in [1.54, 1.807) is 15.3 Å². The minimum Gasteiger partial charge on any atom is -0.307 e. The highest BCUT2D eigenvalue weighted by Gasteiger charge is 2.22. The molecule has 0 aromatic carbocycles. The fourth-order valence-electron chi connectivity index (χ4n) is 3.75. The van der Waals surface area contributed by atoms with Crippen molar-refractivity contribution in [1.82, 2.24) is 5.32 Å². The largest absolute Gasteiger partial charge is 0.307 e. The van der Waals surface area contributed by atoms with Crippen molar-refractivity contribution < 1.29 is 0 Å². The molecule has 19 heavy (non-hydrogen) atoms. The van der Waals surface area contributed by atoms with Crippen molar-refractivity contribution in [3.8, 4) is 0 Å². The van der Waals surface area contributed by atoms with Crippen LogP contribution >= 0.6 is 11.3 Å². The normalized spacial score (nSPS) is 28.9. The molecule has 3 unspecified atom stereocenters. The summed E-state index contributed by atoms with van der Waals surface area (Å²) in [5.74, 6) is 0.912. The van der Waals surface area contributed by atoms with Crippen molar-refractivity contribution in [3.05, 3.63) is 21.4 Å². The van der Waals surface area contributed by atoms with Crippen LogP contribution in [0.5, 0.6) is 0 Å². The first-order chi connectivity index (χ1) is 9.22. The Morgan fingerprint density at radius 2 is 2.05 bits per heavy atom. The molecule has 1 N–H and O–H groups in total. The van der Waals surface area contributed by atoms with Crippen LogP contribution in [-0.4, -0.2) is 6.04 Å². The maximum absolute atomic E-state index is 3.89. The summed E-state index contributed by atoms with van der Waals surface area (Å²) >= 11 is 2.07.